The van der Waals surface area contributed by atoms with Crippen LogP contribution in [0.2, 0.25) is 5.02 Å². The number of halogens is 1. The number of hydrogen-bond donors (Lipinski definition) is 2. The summed E-state index contributed by atoms with van der Waals surface area (Å²) in [4.78, 5) is 25.0. The molecule has 28 heavy (non-hydrogen) atoms. The molecule has 7 heteroatoms. The summed E-state index contributed by atoms with van der Waals surface area (Å²) in [5, 5.41) is 12.4. The monoisotopic (exact) mass is 398 g/mol. The molecule has 0 fully saturated rings. The van der Waals surface area contributed by atoms with E-state index >= 15 is 0 Å². The van der Waals surface area contributed by atoms with Crippen molar-refractivity contribution in [3.8, 4) is 11.5 Å². The molecule has 3 rings (SSSR count). The summed E-state index contributed by atoms with van der Waals surface area (Å²) in [5.74, 6) is 0.170. The lowest BCUT2D eigenvalue weighted by Crippen LogP contribution is -2.26. The average Bonchev–Trinajstić information content (AvgIpc) is 2.69. The summed E-state index contributed by atoms with van der Waals surface area (Å²) in [6.45, 7) is 0.961. The minimum atomic E-state index is -0.950. The molecule has 0 aliphatic carbocycles. The van der Waals surface area contributed by atoms with Crippen LogP contribution in [-0.2, 0) is 9.59 Å². The number of anilines is 1. The van der Waals surface area contributed by atoms with Crippen molar-refractivity contribution < 1.29 is 19.4 Å². The highest BCUT2D eigenvalue weighted by atomic mass is 35.5. The molecule has 0 atom stereocenters. The maximum atomic E-state index is 12.2. The summed E-state index contributed by atoms with van der Waals surface area (Å²) in [7, 11) is 0. The molecule has 0 saturated heterocycles. The number of hydrogen-bond acceptors (Lipinski definition) is 4. The van der Waals surface area contributed by atoms with E-state index in [4.69, 9.17) is 21.4 Å². The third kappa shape index (κ3) is 5.62. The molecule has 1 heterocycles. The summed E-state index contributed by atoms with van der Waals surface area (Å²) in [6.07, 6.45) is 5.12. The molecule has 0 spiro atoms. The van der Waals surface area contributed by atoms with Gasteiger partial charge in [-0.25, -0.2) is 4.79 Å². The van der Waals surface area contributed by atoms with Crippen LogP contribution < -0.4 is 10.1 Å². The zero-order valence-corrected chi connectivity index (χ0v) is 15.7. The second kappa shape index (κ2) is 9.10. The van der Waals surface area contributed by atoms with E-state index in [1.807, 2.05) is 4.90 Å². The van der Waals surface area contributed by atoms with Crippen LogP contribution in [-0.4, -0.2) is 35.0 Å². The summed E-state index contributed by atoms with van der Waals surface area (Å²) in [6, 6.07) is 14.2. The molecule has 0 saturated carbocycles. The van der Waals surface area contributed by atoms with Gasteiger partial charge in [0.25, 0.3) is 0 Å². The Morgan fingerprint density at radius 1 is 1.14 bits per heavy atom. The molecule has 2 aromatic carbocycles. The number of nitrogens with zero attached hydrogens (tertiary/aromatic N) is 1. The molecule has 144 valence electrons. The van der Waals surface area contributed by atoms with Crippen molar-refractivity contribution in [3.05, 3.63) is 77.5 Å². The Bertz CT molecular complexity index is 922. The number of aliphatic carboxylic acids is 1. The largest absolute Gasteiger partial charge is 0.478 e. The molecule has 2 N–H and O–H groups in total. The van der Waals surface area contributed by atoms with Gasteiger partial charge in [-0.3, -0.25) is 4.79 Å². The lowest BCUT2D eigenvalue weighted by atomic mass is 10.2. The van der Waals surface area contributed by atoms with Crippen LogP contribution in [0.3, 0.4) is 0 Å². The number of carboxylic acid groups (broad SMARTS) is 1. The van der Waals surface area contributed by atoms with E-state index < -0.39 is 5.97 Å². The van der Waals surface area contributed by atoms with Gasteiger partial charge in [0.15, 0.2) is 0 Å². The fraction of sp³-hybridized carbons (Fsp3) is 0.143. The van der Waals surface area contributed by atoms with E-state index in [0.29, 0.717) is 35.3 Å². The minimum Gasteiger partial charge on any atom is -0.478 e. The molecular formula is C21H19ClN2O4. The number of benzene rings is 2. The fourth-order valence-corrected chi connectivity index (χ4v) is 2.73. The van der Waals surface area contributed by atoms with Gasteiger partial charge in [-0.05, 0) is 42.5 Å². The van der Waals surface area contributed by atoms with Crippen LogP contribution in [0, 0.1) is 0 Å². The molecular weight excluding hydrogens is 380 g/mol. The van der Waals surface area contributed by atoms with E-state index in [2.05, 4.69) is 5.32 Å². The van der Waals surface area contributed by atoms with E-state index in [-0.39, 0.29) is 17.9 Å². The van der Waals surface area contributed by atoms with Gasteiger partial charge in [0.05, 0.1) is 5.57 Å². The molecule has 1 amide bonds. The molecule has 6 nitrogen and oxygen atoms in total. The smallest absolute Gasteiger partial charge is 0.335 e. The van der Waals surface area contributed by atoms with Crippen molar-refractivity contribution in [2.75, 3.05) is 18.4 Å². The predicted octanol–water partition coefficient (Wildman–Crippen LogP) is 4.30. The average molecular weight is 399 g/mol. The molecule has 0 unspecified atom stereocenters. The summed E-state index contributed by atoms with van der Waals surface area (Å²) < 4.78 is 5.76. The highest BCUT2D eigenvalue weighted by Gasteiger charge is 2.11. The second-order valence-corrected chi connectivity index (χ2v) is 6.59. The zero-order valence-electron chi connectivity index (χ0n) is 15.0. The number of carbonyl (C=O) groups is 2. The van der Waals surface area contributed by atoms with Gasteiger partial charge in [0, 0.05) is 42.5 Å². The van der Waals surface area contributed by atoms with E-state index in [1.165, 1.54) is 6.08 Å². The first kappa shape index (κ1) is 19.5. The van der Waals surface area contributed by atoms with Crippen LogP contribution in [0.25, 0.3) is 0 Å². The minimum absolute atomic E-state index is 0.134. The van der Waals surface area contributed by atoms with Gasteiger partial charge in [0.2, 0.25) is 5.91 Å². The topological polar surface area (TPSA) is 78.9 Å². The van der Waals surface area contributed by atoms with Crippen LogP contribution in [0.4, 0.5) is 5.69 Å². The normalized spacial score (nSPS) is 13.0. The van der Waals surface area contributed by atoms with Crippen molar-refractivity contribution in [3.63, 3.8) is 0 Å². The van der Waals surface area contributed by atoms with E-state index in [9.17, 15) is 9.59 Å². The molecule has 0 bridgehead atoms. The van der Waals surface area contributed by atoms with Gasteiger partial charge in [-0.15, -0.1) is 0 Å². The Morgan fingerprint density at radius 2 is 1.93 bits per heavy atom. The Kier molecular flexibility index (Phi) is 6.34. The van der Waals surface area contributed by atoms with Crippen molar-refractivity contribution in [2.45, 2.75) is 6.42 Å². The Balaban J connectivity index is 1.50. The first-order chi connectivity index (χ1) is 13.5. The predicted molar refractivity (Wildman–Crippen MR) is 108 cm³/mol. The third-order valence-corrected chi connectivity index (χ3v) is 4.30. The fourth-order valence-electron chi connectivity index (χ4n) is 2.60. The molecule has 2 aromatic rings. The van der Waals surface area contributed by atoms with Crippen molar-refractivity contribution in [1.82, 2.24) is 4.90 Å². The van der Waals surface area contributed by atoms with E-state index in [1.54, 1.807) is 60.8 Å². The lowest BCUT2D eigenvalue weighted by Gasteiger charge is -2.21. The first-order valence-corrected chi connectivity index (χ1v) is 9.06. The maximum Gasteiger partial charge on any atom is 0.335 e. The van der Waals surface area contributed by atoms with Crippen LogP contribution >= 0.6 is 11.6 Å². The lowest BCUT2D eigenvalue weighted by molar-refractivity contribution is -0.132. The van der Waals surface area contributed by atoms with Gasteiger partial charge >= 0.3 is 5.97 Å². The Morgan fingerprint density at radius 3 is 2.61 bits per heavy atom. The first-order valence-electron chi connectivity index (χ1n) is 8.68. The summed E-state index contributed by atoms with van der Waals surface area (Å²) in [5.41, 5.74) is 0.900. The second-order valence-electron chi connectivity index (χ2n) is 6.16. The third-order valence-electron chi connectivity index (χ3n) is 4.05. The Hall–Kier alpha value is -3.25. The molecule has 0 aromatic heterocycles. The molecule has 1 aliphatic rings. The number of carbonyl (C=O) groups excluding carboxylic acids is 1. The standard InChI is InChI=1S/C21H19ClN2O4/c22-16-4-6-18(7-5-16)28-19-3-1-2-17(14-19)23-20(25)10-13-24-11-8-15(9-12-24)21(26)27/h1-9,11,14H,10,12-13H2,(H,23,25)(H,26,27). The van der Waals surface area contributed by atoms with Gasteiger partial charge < -0.3 is 20.1 Å². The number of rotatable bonds is 7. The van der Waals surface area contributed by atoms with Crippen LogP contribution in [0.1, 0.15) is 6.42 Å². The number of carboxylic acids is 1. The van der Waals surface area contributed by atoms with Crippen molar-refractivity contribution in [2.24, 2.45) is 0 Å². The highest BCUT2D eigenvalue weighted by molar-refractivity contribution is 6.30. The number of nitrogens with one attached hydrogen (secondary N) is 1. The van der Waals surface area contributed by atoms with Gasteiger partial charge in [-0.2, -0.15) is 0 Å². The molecule has 0 radical (unpaired) electrons. The van der Waals surface area contributed by atoms with Crippen LogP contribution in [0.5, 0.6) is 11.5 Å². The zero-order chi connectivity index (χ0) is 19.9. The highest BCUT2D eigenvalue weighted by Crippen LogP contribution is 2.25. The van der Waals surface area contributed by atoms with Crippen molar-refractivity contribution in [1.29, 1.82) is 0 Å². The Labute approximate surface area is 167 Å². The van der Waals surface area contributed by atoms with E-state index in [0.717, 1.165) is 0 Å². The number of ether oxygens (including phenoxy) is 1. The van der Waals surface area contributed by atoms with Crippen LogP contribution in [0.15, 0.2) is 72.5 Å². The maximum absolute atomic E-state index is 12.2. The quantitative estimate of drug-likeness (QED) is 0.726. The molecule has 1 aliphatic heterocycles. The SMILES string of the molecule is O=C(CCN1C=CC(C(=O)O)=CC1)Nc1cccc(Oc2ccc(Cl)cc2)c1. The van der Waals surface area contributed by atoms with Gasteiger partial charge in [-0.1, -0.05) is 23.7 Å². The summed E-state index contributed by atoms with van der Waals surface area (Å²) >= 11 is 5.86. The number of amides is 1. The van der Waals surface area contributed by atoms with Crippen molar-refractivity contribution >= 4 is 29.2 Å². The van der Waals surface area contributed by atoms with Gasteiger partial charge in [0.1, 0.15) is 11.5 Å².